The lowest BCUT2D eigenvalue weighted by atomic mass is 10.2. The third-order valence-electron chi connectivity index (χ3n) is 3.95. The van der Waals surface area contributed by atoms with Crippen molar-refractivity contribution in [3.8, 4) is 23.0 Å². The molecule has 0 N–H and O–H groups in total. The molecule has 0 saturated carbocycles. The summed E-state index contributed by atoms with van der Waals surface area (Å²) in [6.07, 6.45) is 0. The smallest absolute Gasteiger partial charge is 0.139 e. The SMILES string of the molecule is Clc1ccc2c(c1)P1c3cc(Cl)ccc3Oc3cccc(c31)O2. The lowest BCUT2D eigenvalue weighted by molar-refractivity contribution is 0.466. The monoisotopic (exact) mass is 358 g/mol. The summed E-state index contributed by atoms with van der Waals surface area (Å²) in [6, 6.07) is 17.4. The maximum atomic E-state index is 6.24. The molecular formula is C18H9Cl2O2P. The largest absolute Gasteiger partial charge is 0.456 e. The van der Waals surface area contributed by atoms with Crippen molar-refractivity contribution in [1.29, 1.82) is 0 Å². The number of benzene rings is 3. The molecule has 5 rings (SSSR count). The molecule has 0 fully saturated rings. The molecule has 3 aromatic carbocycles. The van der Waals surface area contributed by atoms with Crippen molar-refractivity contribution < 1.29 is 9.47 Å². The Morgan fingerprint density at radius 3 is 1.70 bits per heavy atom. The first-order chi connectivity index (χ1) is 11.2. The van der Waals surface area contributed by atoms with E-state index in [2.05, 4.69) is 0 Å². The molecule has 2 nitrogen and oxygen atoms in total. The van der Waals surface area contributed by atoms with Gasteiger partial charge in [0.2, 0.25) is 0 Å². The minimum absolute atomic E-state index is 0.700. The van der Waals surface area contributed by atoms with Gasteiger partial charge in [-0.25, -0.2) is 0 Å². The van der Waals surface area contributed by atoms with Gasteiger partial charge >= 0.3 is 0 Å². The molecular weight excluding hydrogens is 350 g/mol. The predicted octanol–water partition coefficient (Wildman–Crippen LogP) is 4.96. The third-order valence-corrected chi connectivity index (χ3v) is 6.97. The molecule has 0 aromatic heterocycles. The van der Waals surface area contributed by atoms with E-state index in [1.54, 1.807) is 0 Å². The number of fused-ring (bicyclic) bond motifs is 4. The second-order valence-electron chi connectivity index (χ2n) is 5.37. The third kappa shape index (κ3) is 1.99. The molecule has 0 bridgehead atoms. The highest BCUT2D eigenvalue weighted by atomic mass is 35.5. The van der Waals surface area contributed by atoms with Crippen LogP contribution in [0.15, 0.2) is 54.6 Å². The van der Waals surface area contributed by atoms with Gasteiger partial charge in [-0.1, -0.05) is 29.3 Å². The van der Waals surface area contributed by atoms with Gasteiger partial charge in [0.1, 0.15) is 23.0 Å². The Kier molecular flexibility index (Phi) is 2.90. The van der Waals surface area contributed by atoms with E-state index < -0.39 is 7.92 Å². The lowest BCUT2D eigenvalue weighted by Crippen LogP contribution is -2.31. The standard InChI is InChI=1S/C18H9Cl2O2P/c19-10-4-6-12-16(8-10)23-17-9-11(20)5-7-13(17)22-15-3-1-2-14(21-12)18(15)23/h1-9H. The van der Waals surface area contributed by atoms with E-state index in [-0.39, 0.29) is 0 Å². The van der Waals surface area contributed by atoms with Gasteiger partial charge < -0.3 is 9.47 Å². The second kappa shape index (κ2) is 4.88. The Bertz CT molecular complexity index is 897. The van der Waals surface area contributed by atoms with Crippen LogP contribution in [-0.4, -0.2) is 0 Å². The average molecular weight is 359 g/mol. The summed E-state index contributed by atoms with van der Waals surface area (Å²) in [7, 11) is -0.802. The molecule has 0 saturated heterocycles. The van der Waals surface area contributed by atoms with Crippen LogP contribution in [0.3, 0.4) is 0 Å². The molecule has 3 aromatic rings. The van der Waals surface area contributed by atoms with Crippen molar-refractivity contribution in [3.63, 3.8) is 0 Å². The molecule has 0 aliphatic carbocycles. The maximum absolute atomic E-state index is 6.24. The Hall–Kier alpha value is -1.73. The molecule has 112 valence electrons. The molecule has 0 amide bonds. The number of ether oxygens (including phenoxy) is 2. The van der Waals surface area contributed by atoms with Crippen LogP contribution in [-0.2, 0) is 0 Å². The normalized spacial score (nSPS) is 14.2. The van der Waals surface area contributed by atoms with Gasteiger partial charge in [0, 0.05) is 28.6 Å². The summed E-state index contributed by atoms with van der Waals surface area (Å²) in [4.78, 5) is 0. The van der Waals surface area contributed by atoms with Crippen molar-refractivity contribution in [2.24, 2.45) is 0 Å². The van der Waals surface area contributed by atoms with Gasteiger partial charge in [-0.15, -0.1) is 0 Å². The summed E-state index contributed by atoms with van der Waals surface area (Å²) in [6.45, 7) is 0. The van der Waals surface area contributed by atoms with E-state index in [0.29, 0.717) is 10.0 Å². The van der Waals surface area contributed by atoms with Gasteiger partial charge in [-0.2, -0.15) is 0 Å². The Labute approximate surface area is 144 Å². The molecule has 0 radical (unpaired) electrons. The summed E-state index contributed by atoms with van der Waals surface area (Å²) >= 11 is 12.5. The zero-order valence-corrected chi connectivity index (χ0v) is 14.1. The van der Waals surface area contributed by atoms with Crippen molar-refractivity contribution in [3.05, 3.63) is 64.6 Å². The highest BCUT2D eigenvalue weighted by Crippen LogP contribution is 2.52. The fourth-order valence-electron chi connectivity index (χ4n) is 3.00. The zero-order valence-electron chi connectivity index (χ0n) is 11.7. The number of hydrogen-bond donors (Lipinski definition) is 0. The predicted molar refractivity (Wildman–Crippen MR) is 95.3 cm³/mol. The first kappa shape index (κ1) is 13.7. The average Bonchev–Trinajstić information content (AvgIpc) is 2.55. The topological polar surface area (TPSA) is 18.5 Å². The lowest BCUT2D eigenvalue weighted by Gasteiger charge is -2.34. The van der Waals surface area contributed by atoms with E-state index in [1.165, 1.54) is 0 Å². The van der Waals surface area contributed by atoms with Gasteiger partial charge in [0.25, 0.3) is 0 Å². The van der Waals surface area contributed by atoms with Crippen LogP contribution in [0.2, 0.25) is 10.0 Å². The van der Waals surface area contributed by atoms with Crippen molar-refractivity contribution in [2.75, 3.05) is 0 Å². The van der Waals surface area contributed by atoms with Gasteiger partial charge in [0.05, 0.1) is 5.30 Å². The van der Waals surface area contributed by atoms with Crippen molar-refractivity contribution >= 4 is 47.0 Å². The zero-order chi connectivity index (χ0) is 15.6. The van der Waals surface area contributed by atoms with E-state index in [1.807, 2.05) is 54.6 Å². The molecule has 0 unspecified atom stereocenters. The quantitative estimate of drug-likeness (QED) is 0.364. The van der Waals surface area contributed by atoms with Crippen LogP contribution in [0.5, 0.6) is 23.0 Å². The summed E-state index contributed by atoms with van der Waals surface area (Å²) < 4.78 is 12.1. The fraction of sp³-hybridized carbons (Fsp3) is 0. The first-order valence-corrected chi connectivity index (χ1v) is 9.18. The Morgan fingerprint density at radius 1 is 0.652 bits per heavy atom. The molecule has 2 aliphatic rings. The summed E-state index contributed by atoms with van der Waals surface area (Å²) in [5.74, 6) is 3.37. The minimum atomic E-state index is -0.802. The number of hydrogen-bond acceptors (Lipinski definition) is 2. The van der Waals surface area contributed by atoms with Crippen LogP contribution in [0, 0.1) is 0 Å². The highest BCUT2D eigenvalue weighted by Gasteiger charge is 2.36. The molecule has 2 heterocycles. The molecule has 0 spiro atoms. The summed E-state index contributed by atoms with van der Waals surface area (Å²) in [5, 5.41) is 4.68. The van der Waals surface area contributed by atoms with Gasteiger partial charge in [-0.3, -0.25) is 0 Å². The van der Waals surface area contributed by atoms with E-state index in [0.717, 1.165) is 38.9 Å². The van der Waals surface area contributed by atoms with Crippen LogP contribution in [0.4, 0.5) is 0 Å². The highest BCUT2D eigenvalue weighted by molar-refractivity contribution is 7.80. The van der Waals surface area contributed by atoms with Crippen LogP contribution in [0.25, 0.3) is 0 Å². The Balaban J connectivity index is 1.86. The first-order valence-electron chi connectivity index (χ1n) is 7.09. The van der Waals surface area contributed by atoms with Gasteiger partial charge in [0.15, 0.2) is 0 Å². The van der Waals surface area contributed by atoms with E-state index in [4.69, 9.17) is 32.7 Å². The van der Waals surface area contributed by atoms with Crippen LogP contribution in [0.1, 0.15) is 0 Å². The molecule has 23 heavy (non-hydrogen) atoms. The van der Waals surface area contributed by atoms with E-state index in [9.17, 15) is 0 Å². The van der Waals surface area contributed by atoms with Crippen molar-refractivity contribution in [1.82, 2.24) is 0 Å². The summed E-state index contributed by atoms with van der Waals surface area (Å²) in [5.41, 5.74) is 0. The van der Waals surface area contributed by atoms with E-state index >= 15 is 0 Å². The van der Waals surface area contributed by atoms with Gasteiger partial charge in [-0.05, 0) is 48.5 Å². The fourth-order valence-corrected chi connectivity index (χ4v) is 6.13. The number of rotatable bonds is 0. The number of halogens is 2. The molecule has 2 aliphatic heterocycles. The Morgan fingerprint density at radius 2 is 1.17 bits per heavy atom. The van der Waals surface area contributed by atoms with Crippen LogP contribution >= 0.6 is 31.1 Å². The van der Waals surface area contributed by atoms with Crippen LogP contribution < -0.4 is 25.4 Å². The molecule has 0 atom stereocenters. The van der Waals surface area contributed by atoms with Crippen molar-refractivity contribution in [2.45, 2.75) is 0 Å². The minimum Gasteiger partial charge on any atom is -0.456 e. The second-order valence-corrected chi connectivity index (χ2v) is 8.32. The maximum Gasteiger partial charge on any atom is 0.139 e. The molecule has 5 heteroatoms.